The van der Waals surface area contributed by atoms with E-state index in [1.54, 1.807) is 18.9 Å². The summed E-state index contributed by atoms with van der Waals surface area (Å²) >= 11 is 0. The van der Waals surface area contributed by atoms with E-state index in [1.165, 1.54) is 16.7 Å². The van der Waals surface area contributed by atoms with Crippen LogP contribution in [-0.4, -0.2) is 26.1 Å². The molecule has 0 N–H and O–H groups in total. The van der Waals surface area contributed by atoms with Crippen molar-refractivity contribution in [1.82, 2.24) is 19.5 Å². The van der Waals surface area contributed by atoms with E-state index in [9.17, 15) is 0 Å². The van der Waals surface area contributed by atoms with E-state index in [1.807, 2.05) is 16.8 Å². The zero-order valence-electron chi connectivity index (χ0n) is 14.8. The Labute approximate surface area is 158 Å². The van der Waals surface area contributed by atoms with Gasteiger partial charge >= 0.3 is 0 Å². The molecule has 0 bridgehead atoms. The van der Waals surface area contributed by atoms with Crippen LogP contribution in [0.25, 0.3) is 5.82 Å². The van der Waals surface area contributed by atoms with Gasteiger partial charge in [0.05, 0.1) is 0 Å². The predicted octanol–water partition coefficient (Wildman–Crippen LogP) is 3.81. The molecule has 0 spiro atoms. The largest absolute Gasteiger partial charge is 0.351 e. The summed E-state index contributed by atoms with van der Waals surface area (Å²) in [5.41, 5.74) is 4.09. The van der Waals surface area contributed by atoms with Crippen LogP contribution in [0.15, 0.2) is 85.7 Å². The molecule has 1 aliphatic heterocycles. The molecular weight excluding hydrogens is 334 g/mol. The Bertz CT molecular complexity index is 1040. The molecule has 0 radical (unpaired) electrons. The fraction of sp³-hybridized carbons (Fsp3) is 0.136. The summed E-state index contributed by atoms with van der Waals surface area (Å²) in [6.45, 7) is 1.74. The van der Waals surface area contributed by atoms with Crippen LogP contribution in [0, 0.1) is 0 Å². The van der Waals surface area contributed by atoms with Crippen molar-refractivity contribution in [2.75, 3.05) is 11.4 Å². The molecule has 2 aromatic carbocycles. The normalized spacial score (nSPS) is 16.1. The van der Waals surface area contributed by atoms with Gasteiger partial charge in [-0.25, -0.2) is 15.0 Å². The van der Waals surface area contributed by atoms with E-state index in [0.717, 1.165) is 24.7 Å². The summed E-state index contributed by atoms with van der Waals surface area (Å²) in [5, 5.41) is 0. The molecule has 1 atom stereocenters. The van der Waals surface area contributed by atoms with Gasteiger partial charge in [0.15, 0.2) is 0 Å². The van der Waals surface area contributed by atoms with Crippen molar-refractivity contribution in [3.8, 4) is 5.82 Å². The third kappa shape index (κ3) is 2.97. The van der Waals surface area contributed by atoms with Crippen LogP contribution in [0.3, 0.4) is 0 Å². The summed E-state index contributed by atoms with van der Waals surface area (Å²) in [7, 11) is 0. The Morgan fingerprint density at radius 1 is 0.889 bits per heavy atom. The molecule has 5 heteroatoms. The lowest BCUT2D eigenvalue weighted by Crippen LogP contribution is -2.34. The molecule has 1 aliphatic rings. The Morgan fingerprint density at radius 3 is 2.56 bits per heavy atom. The fourth-order valence-corrected chi connectivity index (χ4v) is 3.80. The number of hydrogen-bond donors (Lipinski definition) is 0. The molecule has 0 aliphatic carbocycles. The highest BCUT2D eigenvalue weighted by atomic mass is 15.2. The summed E-state index contributed by atoms with van der Waals surface area (Å²) in [6, 6.07) is 21.4. The van der Waals surface area contributed by atoms with Gasteiger partial charge in [-0.05, 0) is 16.7 Å². The van der Waals surface area contributed by atoms with Crippen molar-refractivity contribution in [3.63, 3.8) is 0 Å². The molecule has 0 fully saturated rings. The first-order chi connectivity index (χ1) is 13.4. The minimum Gasteiger partial charge on any atom is -0.351 e. The minimum absolute atomic E-state index is 0.322. The lowest BCUT2D eigenvalue weighted by molar-refractivity contribution is 0.656. The van der Waals surface area contributed by atoms with Crippen LogP contribution in [0.4, 0.5) is 5.82 Å². The lowest BCUT2D eigenvalue weighted by atomic mass is 9.84. The first kappa shape index (κ1) is 15.8. The summed E-state index contributed by atoms with van der Waals surface area (Å²) in [5.74, 6) is 2.08. The monoisotopic (exact) mass is 353 g/mol. The van der Waals surface area contributed by atoms with Crippen molar-refractivity contribution in [2.24, 2.45) is 0 Å². The number of anilines is 1. The third-order valence-corrected chi connectivity index (χ3v) is 5.13. The topological polar surface area (TPSA) is 46.8 Å². The lowest BCUT2D eigenvalue weighted by Gasteiger charge is -2.35. The minimum atomic E-state index is 0.322. The van der Waals surface area contributed by atoms with Gasteiger partial charge in [0, 0.05) is 37.5 Å². The van der Waals surface area contributed by atoms with E-state index in [2.05, 4.69) is 74.4 Å². The van der Waals surface area contributed by atoms with Gasteiger partial charge in [-0.3, -0.25) is 4.57 Å². The molecular formula is C22H19N5. The zero-order valence-corrected chi connectivity index (χ0v) is 14.8. The van der Waals surface area contributed by atoms with E-state index in [-0.39, 0.29) is 0 Å². The molecule has 3 heterocycles. The highest BCUT2D eigenvalue weighted by Crippen LogP contribution is 2.35. The standard InChI is InChI=1S/C22H19N5/c1-2-6-17(7-3-1)20-14-27(13-18-8-4-5-9-19(18)20)22-12-21(24-15-25-22)26-11-10-23-16-26/h1-12,15-16,20H,13-14H2. The molecule has 132 valence electrons. The average molecular weight is 353 g/mol. The summed E-state index contributed by atoms with van der Waals surface area (Å²) in [4.78, 5) is 15.4. The molecule has 5 nitrogen and oxygen atoms in total. The second kappa shape index (κ2) is 6.68. The van der Waals surface area contributed by atoms with E-state index in [4.69, 9.17) is 0 Å². The van der Waals surface area contributed by atoms with Crippen LogP contribution in [0.5, 0.6) is 0 Å². The van der Waals surface area contributed by atoms with Crippen LogP contribution in [0.2, 0.25) is 0 Å². The second-order valence-electron chi connectivity index (χ2n) is 6.75. The molecule has 5 rings (SSSR count). The quantitative estimate of drug-likeness (QED) is 0.562. The van der Waals surface area contributed by atoms with Crippen molar-refractivity contribution in [1.29, 1.82) is 0 Å². The number of aromatic nitrogens is 4. The van der Waals surface area contributed by atoms with Gasteiger partial charge in [-0.2, -0.15) is 0 Å². The van der Waals surface area contributed by atoms with Crippen LogP contribution < -0.4 is 4.90 Å². The van der Waals surface area contributed by atoms with Crippen LogP contribution in [0.1, 0.15) is 22.6 Å². The third-order valence-electron chi connectivity index (χ3n) is 5.13. The number of benzene rings is 2. The molecule has 4 aromatic rings. The summed E-state index contributed by atoms with van der Waals surface area (Å²) < 4.78 is 1.90. The van der Waals surface area contributed by atoms with E-state index < -0.39 is 0 Å². The number of fused-ring (bicyclic) bond motifs is 1. The number of hydrogen-bond acceptors (Lipinski definition) is 4. The van der Waals surface area contributed by atoms with Gasteiger partial charge in [-0.1, -0.05) is 54.6 Å². The molecule has 1 unspecified atom stereocenters. The van der Waals surface area contributed by atoms with Crippen molar-refractivity contribution in [2.45, 2.75) is 12.5 Å². The SMILES string of the molecule is c1ccc(C2CN(c3cc(-n4ccnc4)ncn3)Cc3ccccc32)cc1. The van der Waals surface area contributed by atoms with Crippen LogP contribution in [-0.2, 0) is 6.54 Å². The Hall–Kier alpha value is -3.47. The average Bonchev–Trinajstić information content (AvgIpc) is 3.29. The first-order valence-electron chi connectivity index (χ1n) is 9.06. The second-order valence-corrected chi connectivity index (χ2v) is 6.75. The molecule has 0 saturated heterocycles. The fourth-order valence-electron chi connectivity index (χ4n) is 3.80. The molecule has 0 amide bonds. The predicted molar refractivity (Wildman–Crippen MR) is 105 cm³/mol. The van der Waals surface area contributed by atoms with Gasteiger partial charge in [0.1, 0.15) is 24.3 Å². The maximum Gasteiger partial charge on any atom is 0.143 e. The Morgan fingerprint density at radius 2 is 1.70 bits per heavy atom. The highest BCUT2D eigenvalue weighted by Gasteiger charge is 2.27. The smallest absolute Gasteiger partial charge is 0.143 e. The van der Waals surface area contributed by atoms with Gasteiger partial charge in [-0.15, -0.1) is 0 Å². The van der Waals surface area contributed by atoms with Crippen molar-refractivity contribution >= 4 is 5.82 Å². The van der Waals surface area contributed by atoms with Gasteiger partial charge in [0.2, 0.25) is 0 Å². The first-order valence-corrected chi connectivity index (χ1v) is 9.06. The van der Waals surface area contributed by atoms with Crippen molar-refractivity contribution in [3.05, 3.63) is 102 Å². The maximum atomic E-state index is 4.56. The zero-order chi connectivity index (χ0) is 18.1. The Balaban J connectivity index is 1.54. The van der Waals surface area contributed by atoms with Crippen molar-refractivity contribution < 1.29 is 0 Å². The molecule has 2 aromatic heterocycles. The Kier molecular flexibility index (Phi) is 3.90. The highest BCUT2D eigenvalue weighted by molar-refractivity contribution is 5.51. The van der Waals surface area contributed by atoms with Gasteiger partial charge in [0.25, 0.3) is 0 Å². The number of rotatable bonds is 3. The van der Waals surface area contributed by atoms with E-state index in [0.29, 0.717) is 5.92 Å². The van der Waals surface area contributed by atoms with Crippen LogP contribution >= 0.6 is 0 Å². The summed E-state index contributed by atoms with van der Waals surface area (Å²) in [6.07, 6.45) is 7.03. The molecule has 0 saturated carbocycles. The van der Waals surface area contributed by atoms with Gasteiger partial charge < -0.3 is 4.90 Å². The van der Waals surface area contributed by atoms with E-state index >= 15 is 0 Å². The number of imidazole rings is 1. The number of nitrogens with zero attached hydrogens (tertiary/aromatic N) is 5. The molecule has 27 heavy (non-hydrogen) atoms. The maximum absolute atomic E-state index is 4.56.